The number of phenolic OH excluding ortho intramolecular Hbond substituents is 1. The fourth-order valence-corrected chi connectivity index (χ4v) is 5.41. The summed E-state index contributed by atoms with van der Waals surface area (Å²) in [5.41, 5.74) is 1.58. The van der Waals surface area contributed by atoms with Crippen LogP contribution in [0.5, 0.6) is 23.0 Å². The van der Waals surface area contributed by atoms with Gasteiger partial charge in [-0.3, -0.25) is 0 Å². The average Bonchev–Trinajstić information content (AvgIpc) is 3.03. The van der Waals surface area contributed by atoms with Crippen LogP contribution in [-0.4, -0.2) is 126 Å². The first kappa shape index (κ1) is 36.1. The zero-order valence-corrected chi connectivity index (χ0v) is 25.7. The Morgan fingerprint density at radius 1 is 0.660 bits per heavy atom. The van der Waals surface area contributed by atoms with Gasteiger partial charge in [-0.05, 0) is 60.1 Å². The van der Waals surface area contributed by atoms with Gasteiger partial charge in [0.2, 0.25) is 12.6 Å². The molecule has 16 heteroatoms. The van der Waals surface area contributed by atoms with Gasteiger partial charge in [0.15, 0.2) is 35.2 Å². The molecule has 2 aliphatic rings. The van der Waals surface area contributed by atoms with Crippen LogP contribution in [0.15, 0.2) is 36.4 Å². The van der Waals surface area contributed by atoms with Crippen LogP contribution in [0.3, 0.4) is 0 Å². The quantitative estimate of drug-likeness (QED) is 0.131. The predicted molar refractivity (Wildman–Crippen MR) is 157 cm³/mol. The molecule has 0 radical (unpaired) electrons. The molecule has 0 aromatic heterocycles. The number of aliphatic carboxylic acids is 2. The molecular weight excluding hydrogens is 628 g/mol. The van der Waals surface area contributed by atoms with Crippen LogP contribution in [0.2, 0.25) is 0 Å². The number of carboxylic acid groups (broad SMARTS) is 2. The lowest BCUT2D eigenvalue weighted by atomic mass is 9.85. The molecular formula is C31H40O16. The number of aromatic hydroxyl groups is 1. The summed E-state index contributed by atoms with van der Waals surface area (Å²) in [5.74, 6) is -3.04. The van der Waals surface area contributed by atoms with Gasteiger partial charge in [0, 0.05) is 0 Å². The fourth-order valence-electron chi connectivity index (χ4n) is 5.41. The molecule has 12 unspecified atom stereocenters. The molecule has 2 aromatic carbocycles. The zero-order valence-electron chi connectivity index (χ0n) is 25.7. The van der Waals surface area contributed by atoms with E-state index in [1.165, 1.54) is 19.2 Å². The van der Waals surface area contributed by atoms with Gasteiger partial charge in [-0.1, -0.05) is 26.0 Å². The molecule has 2 fully saturated rings. The van der Waals surface area contributed by atoms with E-state index >= 15 is 0 Å². The number of rotatable bonds is 12. The standard InChI is InChI=1S/C31H40O16/c1-12(8-14-4-6-16(32)18(10-14)45-31-25(38)21(34)23(36)27(47-31)29(41)42)13(2)9-15-5-7-17(19(11-15)43-3)44-30-24(37)20(33)22(35)26(46-30)28(39)40/h4-7,10-13,20-27,30-38H,8-9H2,1-3H3,(H,39,40)(H,41,42). The average molecular weight is 669 g/mol. The lowest BCUT2D eigenvalue weighted by Crippen LogP contribution is -2.61. The van der Waals surface area contributed by atoms with Crippen molar-refractivity contribution in [3.63, 3.8) is 0 Å². The third-order valence-electron chi connectivity index (χ3n) is 8.45. The van der Waals surface area contributed by atoms with E-state index in [0.29, 0.717) is 12.8 Å². The van der Waals surface area contributed by atoms with Crippen molar-refractivity contribution in [2.75, 3.05) is 7.11 Å². The number of aliphatic hydroxyl groups excluding tert-OH is 6. The van der Waals surface area contributed by atoms with E-state index in [1.807, 2.05) is 13.8 Å². The SMILES string of the molecule is COc1cc(CC(C)C(C)Cc2ccc(O)c(OC3OC(C(=O)O)C(O)C(O)C3O)c2)ccc1OC1OC(C(=O)O)C(O)C(O)C1O. The van der Waals surface area contributed by atoms with Crippen LogP contribution >= 0.6 is 0 Å². The summed E-state index contributed by atoms with van der Waals surface area (Å²) in [7, 11) is 1.39. The molecule has 0 bridgehead atoms. The van der Waals surface area contributed by atoms with Gasteiger partial charge in [-0.2, -0.15) is 0 Å². The van der Waals surface area contributed by atoms with Crippen LogP contribution in [-0.2, 0) is 31.9 Å². The minimum Gasteiger partial charge on any atom is -0.504 e. The maximum Gasteiger partial charge on any atom is 0.335 e. The number of aliphatic hydroxyl groups is 6. The van der Waals surface area contributed by atoms with Gasteiger partial charge >= 0.3 is 11.9 Å². The molecule has 2 aliphatic heterocycles. The third kappa shape index (κ3) is 8.05. The third-order valence-corrected chi connectivity index (χ3v) is 8.45. The molecule has 0 aliphatic carbocycles. The van der Waals surface area contributed by atoms with Gasteiger partial charge < -0.3 is 69.6 Å². The highest BCUT2D eigenvalue weighted by molar-refractivity contribution is 5.74. The lowest BCUT2D eigenvalue weighted by Gasteiger charge is -2.38. The fraction of sp³-hybridized carbons (Fsp3) is 0.548. The highest BCUT2D eigenvalue weighted by atomic mass is 16.7. The van der Waals surface area contributed by atoms with Gasteiger partial charge in [-0.25, -0.2) is 9.59 Å². The van der Waals surface area contributed by atoms with Crippen molar-refractivity contribution in [2.24, 2.45) is 11.8 Å². The molecule has 260 valence electrons. The zero-order chi connectivity index (χ0) is 34.7. The monoisotopic (exact) mass is 668 g/mol. The first-order valence-corrected chi connectivity index (χ1v) is 14.8. The highest BCUT2D eigenvalue weighted by Gasteiger charge is 2.49. The Labute approximate surface area is 268 Å². The van der Waals surface area contributed by atoms with Crippen LogP contribution in [0.25, 0.3) is 0 Å². The van der Waals surface area contributed by atoms with Crippen LogP contribution in [0.1, 0.15) is 25.0 Å². The van der Waals surface area contributed by atoms with Crippen LogP contribution < -0.4 is 14.2 Å². The van der Waals surface area contributed by atoms with Crippen molar-refractivity contribution in [2.45, 2.75) is 88.1 Å². The van der Waals surface area contributed by atoms with Crippen molar-refractivity contribution >= 4 is 11.9 Å². The summed E-state index contributed by atoms with van der Waals surface area (Å²) in [5, 5.41) is 89.4. The maximum absolute atomic E-state index is 11.4. The lowest BCUT2D eigenvalue weighted by molar-refractivity contribution is -0.271. The Kier molecular flexibility index (Phi) is 11.5. The molecule has 12 atom stereocenters. The maximum atomic E-state index is 11.4. The Morgan fingerprint density at radius 3 is 1.53 bits per heavy atom. The first-order valence-electron chi connectivity index (χ1n) is 14.8. The number of hydrogen-bond donors (Lipinski definition) is 9. The summed E-state index contributed by atoms with van der Waals surface area (Å²) in [6.07, 6.45) is -16.8. The van der Waals surface area contributed by atoms with Crippen molar-refractivity contribution < 1.29 is 79.2 Å². The van der Waals surface area contributed by atoms with E-state index in [-0.39, 0.29) is 34.8 Å². The number of benzene rings is 2. The minimum atomic E-state index is -1.89. The molecule has 47 heavy (non-hydrogen) atoms. The highest BCUT2D eigenvalue weighted by Crippen LogP contribution is 2.35. The second-order valence-corrected chi connectivity index (χ2v) is 11.9. The Morgan fingerprint density at radius 2 is 1.09 bits per heavy atom. The van der Waals surface area contributed by atoms with E-state index in [2.05, 4.69) is 0 Å². The van der Waals surface area contributed by atoms with Gasteiger partial charge in [-0.15, -0.1) is 0 Å². The summed E-state index contributed by atoms with van der Waals surface area (Å²) in [4.78, 5) is 22.8. The molecule has 2 heterocycles. The Bertz CT molecular complexity index is 1400. The topological polar surface area (TPSA) is 262 Å². The largest absolute Gasteiger partial charge is 0.504 e. The molecule has 9 N–H and O–H groups in total. The van der Waals surface area contributed by atoms with Crippen LogP contribution in [0, 0.1) is 11.8 Å². The molecule has 0 spiro atoms. The van der Waals surface area contributed by atoms with Crippen molar-refractivity contribution in [3.8, 4) is 23.0 Å². The predicted octanol–water partition coefficient (Wildman–Crippen LogP) is -1.000. The number of phenols is 1. The molecule has 4 rings (SSSR count). The number of carbonyl (C=O) groups is 2. The van der Waals surface area contributed by atoms with Gasteiger partial charge in [0.25, 0.3) is 0 Å². The Hall–Kier alpha value is -3.74. The first-order chi connectivity index (χ1) is 22.1. The van der Waals surface area contributed by atoms with E-state index in [9.17, 15) is 55.5 Å². The smallest absolute Gasteiger partial charge is 0.335 e. The molecule has 2 aromatic rings. The normalized spacial score (nSPS) is 32.2. The molecule has 16 nitrogen and oxygen atoms in total. The van der Waals surface area contributed by atoms with Crippen LogP contribution in [0.4, 0.5) is 0 Å². The van der Waals surface area contributed by atoms with Gasteiger partial charge in [0.05, 0.1) is 7.11 Å². The van der Waals surface area contributed by atoms with Crippen molar-refractivity contribution in [1.82, 2.24) is 0 Å². The Balaban J connectivity index is 1.40. The number of carboxylic acids is 2. The number of hydrogen-bond acceptors (Lipinski definition) is 14. The van der Waals surface area contributed by atoms with Gasteiger partial charge in [0.1, 0.15) is 36.6 Å². The number of ether oxygens (including phenoxy) is 5. The van der Waals surface area contributed by atoms with E-state index in [4.69, 9.17) is 23.7 Å². The summed E-state index contributed by atoms with van der Waals surface area (Å²) >= 11 is 0. The molecule has 0 saturated carbocycles. The van der Waals surface area contributed by atoms with Crippen molar-refractivity contribution in [3.05, 3.63) is 47.5 Å². The summed E-state index contributed by atoms with van der Waals surface area (Å²) in [6, 6.07) is 9.53. The molecule has 2 saturated heterocycles. The summed E-state index contributed by atoms with van der Waals surface area (Å²) < 4.78 is 27.0. The van der Waals surface area contributed by atoms with E-state index in [0.717, 1.165) is 11.1 Å². The minimum absolute atomic E-state index is 0.0610. The van der Waals surface area contributed by atoms with Crippen molar-refractivity contribution in [1.29, 1.82) is 0 Å². The summed E-state index contributed by atoms with van der Waals surface area (Å²) in [6.45, 7) is 4.03. The van der Waals surface area contributed by atoms with E-state index < -0.39 is 73.4 Å². The van der Waals surface area contributed by atoms with E-state index in [1.54, 1.807) is 24.3 Å². The second-order valence-electron chi connectivity index (χ2n) is 11.9. The number of methoxy groups -OCH3 is 1. The molecule has 0 amide bonds. The second kappa shape index (κ2) is 15.0.